The fourth-order valence-electron chi connectivity index (χ4n) is 4.46. The van der Waals surface area contributed by atoms with E-state index in [1.54, 1.807) is 4.90 Å². The van der Waals surface area contributed by atoms with Gasteiger partial charge in [-0.2, -0.15) is 0 Å². The number of amides is 2. The van der Waals surface area contributed by atoms with Crippen LogP contribution in [-0.2, 0) is 16.0 Å². The average Bonchev–Trinajstić information content (AvgIpc) is 3.39. The van der Waals surface area contributed by atoms with Gasteiger partial charge in [0.15, 0.2) is 5.17 Å². The Morgan fingerprint density at radius 2 is 1.91 bits per heavy atom. The minimum Gasteiger partial charge on any atom is -0.311 e. The topological polar surface area (TPSA) is 65.3 Å². The summed E-state index contributed by atoms with van der Waals surface area (Å²) in [5.41, 5.74) is 3.85. The molecule has 3 aliphatic rings. The second-order valence-corrected chi connectivity index (χ2v) is 9.78. The third-order valence-corrected chi connectivity index (χ3v) is 7.48. The molecule has 0 spiro atoms. The highest BCUT2D eigenvalue weighted by atomic mass is 32.2. The molecule has 0 aliphatic carbocycles. The van der Waals surface area contributed by atoms with Gasteiger partial charge in [-0.25, -0.2) is 9.89 Å². The highest BCUT2D eigenvalue weighted by Crippen LogP contribution is 2.37. The monoisotopic (exact) mass is 446 g/mol. The maximum absolute atomic E-state index is 13.5. The number of amidine groups is 2. The first-order chi connectivity index (χ1) is 15.5. The van der Waals surface area contributed by atoms with Crippen molar-refractivity contribution in [3.8, 4) is 0 Å². The van der Waals surface area contributed by atoms with Crippen LogP contribution < -0.4 is 4.90 Å². The number of hydrogen-bond donors (Lipinski definition) is 0. The minimum absolute atomic E-state index is 0.0644. The number of aliphatic imine (C=N–C) groups is 2. The van der Waals surface area contributed by atoms with E-state index in [1.807, 2.05) is 68.1 Å². The van der Waals surface area contributed by atoms with E-state index >= 15 is 0 Å². The Labute approximate surface area is 192 Å². The zero-order chi connectivity index (χ0) is 22.4. The van der Waals surface area contributed by atoms with Crippen molar-refractivity contribution >= 4 is 46.0 Å². The van der Waals surface area contributed by atoms with Crippen molar-refractivity contribution in [3.63, 3.8) is 0 Å². The van der Waals surface area contributed by atoms with Crippen LogP contribution in [-0.4, -0.2) is 45.6 Å². The fourth-order valence-corrected chi connectivity index (χ4v) is 5.54. The van der Waals surface area contributed by atoms with E-state index < -0.39 is 6.04 Å². The molecular formula is C25H26N4O2S. The van der Waals surface area contributed by atoms with Crippen molar-refractivity contribution in [1.29, 1.82) is 0 Å². The lowest BCUT2D eigenvalue weighted by Crippen LogP contribution is -2.44. The standard InChI is InChI=1S/C25H26N4O2S/c1-4-20(23(30)28-14-13-16-9-5-8-12-19(16)28)32-25-26-18-11-7-6-10-17(18)22-27-21(15(2)3)24(31)29(22)25/h5-12,15,20-21H,4,13-14H2,1-3H3. The van der Waals surface area contributed by atoms with Gasteiger partial charge in [0.2, 0.25) is 5.91 Å². The third kappa shape index (κ3) is 3.35. The molecule has 3 heterocycles. The molecule has 5 rings (SSSR count). The first-order valence-corrected chi connectivity index (χ1v) is 12.0. The first kappa shape index (κ1) is 20.9. The summed E-state index contributed by atoms with van der Waals surface area (Å²) in [5.74, 6) is 0.735. The molecule has 6 nitrogen and oxygen atoms in total. The molecule has 2 atom stereocenters. The number of anilines is 1. The molecule has 0 saturated heterocycles. The number of para-hydroxylation sites is 2. The number of rotatable bonds is 4. The number of benzene rings is 2. The predicted octanol–water partition coefficient (Wildman–Crippen LogP) is 4.40. The number of nitrogens with zero attached hydrogens (tertiary/aromatic N) is 4. The van der Waals surface area contributed by atoms with Crippen LogP contribution in [0.1, 0.15) is 38.3 Å². The normalized spacial score (nSPS) is 20.0. The largest absolute Gasteiger partial charge is 0.311 e. The van der Waals surface area contributed by atoms with Crippen LogP contribution in [0.3, 0.4) is 0 Å². The lowest BCUT2D eigenvalue weighted by atomic mass is 10.1. The molecule has 2 aromatic rings. The fraction of sp³-hybridized carbons (Fsp3) is 0.360. The summed E-state index contributed by atoms with van der Waals surface area (Å²) in [5, 5.41) is 0.209. The van der Waals surface area contributed by atoms with E-state index in [4.69, 9.17) is 9.98 Å². The van der Waals surface area contributed by atoms with Crippen molar-refractivity contribution in [3.05, 3.63) is 59.7 Å². The van der Waals surface area contributed by atoms with Gasteiger partial charge < -0.3 is 4.90 Å². The van der Waals surface area contributed by atoms with E-state index in [-0.39, 0.29) is 23.0 Å². The summed E-state index contributed by atoms with van der Waals surface area (Å²) in [6.07, 6.45) is 1.51. The van der Waals surface area contributed by atoms with E-state index in [0.29, 0.717) is 24.0 Å². The molecule has 32 heavy (non-hydrogen) atoms. The summed E-state index contributed by atoms with van der Waals surface area (Å²) in [4.78, 5) is 39.9. The van der Waals surface area contributed by atoms with Crippen LogP contribution in [0.25, 0.3) is 0 Å². The van der Waals surface area contributed by atoms with Gasteiger partial charge in [-0.05, 0) is 42.5 Å². The summed E-state index contributed by atoms with van der Waals surface area (Å²) in [6.45, 7) is 6.70. The van der Waals surface area contributed by atoms with Crippen LogP contribution in [0.4, 0.5) is 11.4 Å². The Hall–Kier alpha value is -2.93. The van der Waals surface area contributed by atoms with Crippen molar-refractivity contribution in [2.75, 3.05) is 11.4 Å². The Morgan fingerprint density at radius 3 is 2.69 bits per heavy atom. The zero-order valence-electron chi connectivity index (χ0n) is 18.5. The maximum Gasteiger partial charge on any atom is 0.259 e. The molecule has 0 fully saturated rings. The molecule has 7 heteroatoms. The van der Waals surface area contributed by atoms with Crippen molar-refractivity contribution in [2.24, 2.45) is 15.9 Å². The second kappa shape index (κ2) is 8.20. The van der Waals surface area contributed by atoms with Gasteiger partial charge in [0.1, 0.15) is 11.9 Å². The van der Waals surface area contributed by atoms with E-state index in [9.17, 15) is 9.59 Å². The van der Waals surface area contributed by atoms with E-state index in [2.05, 4.69) is 6.07 Å². The molecular weight excluding hydrogens is 420 g/mol. The third-order valence-electron chi connectivity index (χ3n) is 6.18. The second-order valence-electron chi connectivity index (χ2n) is 8.61. The molecule has 0 saturated carbocycles. The molecule has 2 amide bonds. The maximum atomic E-state index is 13.5. The average molecular weight is 447 g/mol. The number of hydrogen-bond acceptors (Lipinski definition) is 5. The van der Waals surface area contributed by atoms with Crippen LogP contribution in [0.15, 0.2) is 58.5 Å². The Kier molecular flexibility index (Phi) is 5.37. The predicted molar refractivity (Wildman–Crippen MR) is 130 cm³/mol. The zero-order valence-corrected chi connectivity index (χ0v) is 19.3. The quantitative estimate of drug-likeness (QED) is 0.699. The van der Waals surface area contributed by atoms with Gasteiger partial charge in [-0.1, -0.05) is 62.9 Å². The molecule has 0 N–H and O–H groups in total. The number of fused-ring (bicyclic) bond motifs is 4. The van der Waals surface area contributed by atoms with Crippen molar-refractivity contribution in [1.82, 2.24) is 4.90 Å². The molecule has 0 aromatic heterocycles. The van der Waals surface area contributed by atoms with Gasteiger partial charge in [-0.3, -0.25) is 14.6 Å². The summed E-state index contributed by atoms with van der Waals surface area (Å²) in [6, 6.07) is 15.4. The highest BCUT2D eigenvalue weighted by molar-refractivity contribution is 8.15. The number of carbonyl (C=O) groups is 2. The van der Waals surface area contributed by atoms with E-state index in [1.165, 1.54) is 17.3 Å². The van der Waals surface area contributed by atoms with Gasteiger partial charge in [0.05, 0.1) is 10.9 Å². The SMILES string of the molecule is CCC(SC1=Nc2ccccc2C2=NC(C(C)C)C(=O)N12)C(=O)N1CCc2ccccc21. The molecule has 2 unspecified atom stereocenters. The van der Waals surface area contributed by atoms with Gasteiger partial charge >= 0.3 is 0 Å². The van der Waals surface area contributed by atoms with Gasteiger partial charge in [0.25, 0.3) is 5.91 Å². The summed E-state index contributed by atoms with van der Waals surface area (Å²) >= 11 is 1.38. The molecule has 164 valence electrons. The van der Waals surface area contributed by atoms with Crippen molar-refractivity contribution < 1.29 is 9.59 Å². The molecule has 2 aromatic carbocycles. The van der Waals surface area contributed by atoms with Gasteiger partial charge in [-0.15, -0.1) is 0 Å². The Morgan fingerprint density at radius 1 is 1.16 bits per heavy atom. The van der Waals surface area contributed by atoms with Gasteiger partial charge in [0, 0.05) is 17.8 Å². The molecule has 3 aliphatic heterocycles. The molecule has 0 radical (unpaired) electrons. The smallest absolute Gasteiger partial charge is 0.259 e. The Bertz CT molecular complexity index is 1160. The van der Waals surface area contributed by atoms with Crippen LogP contribution >= 0.6 is 11.8 Å². The lowest BCUT2D eigenvalue weighted by molar-refractivity contribution is -0.125. The minimum atomic E-state index is -0.428. The first-order valence-electron chi connectivity index (χ1n) is 11.2. The van der Waals surface area contributed by atoms with Crippen LogP contribution in [0.5, 0.6) is 0 Å². The van der Waals surface area contributed by atoms with E-state index in [0.717, 1.165) is 23.4 Å². The summed E-state index contributed by atoms with van der Waals surface area (Å²) < 4.78 is 0. The summed E-state index contributed by atoms with van der Waals surface area (Å²) in [7, 11) is 0. The van der Waals surface area contributed by atoms with Crippen molar-refractivity contribution in [2.45, 2.75) is 44.9 Å². The number of thioether (sulfide) groups is 1. The van der Waals surface area contributed by atoms with Crippen LogP contribution in [0, 0.1) is 5.92 Å². The molecule has 0 bridgehead atoms. The Balaban J connectivity index is 1.47. The number of carbonyl (C=O) groups excluding carboxylic acids is 2. The van der Waals surface area contributed by atoms with Crippen LogP contribution in [0.2, 0.25) is 0 Å². The highest BCUT2D eigenvalue weighted by Gasteiger charge is 2.43. The lowest BCUT2D eigenvalue weighted by Gasteiger charge is -2.29.